The van der Waals surface area contributed by atoms with Crippen LogP contribution in [0.15, 0.2) is 160 Å². The van der Waals surface area contributed by atoms with Gasteiger partial charge in [0.2, 0.25) is 0 Å². The van der Waals surface area contributed by atoms with Gasteiger partial charge in [-0.1, -0.05) is 121 Å². The molecule has 0 aliphatic heterocycles. The van der Waals surface area contributed by atoms with E-state index in [-0.39, 0.29) is 0 Å². The quantitative estimate of drug-likeness (QED) is 0.191. The molecule has 224 valence electrons. The van der Waals surface area contributed by atoms with Crippen molar-refractivity contribution >= 4 is 54.6 Å². The molecule has 5 nitrogen and oxygen atoms in total. The van der Waals surface area contributed by atoms with Crippen LogP contribution in [0.2, 0.25) is 0 Å². The summed E-state index contributed by atoms with van der Waals surface area (Å²) in [4.78, 5) is 13.2. The first-order chi connectivity index (χ1) is 34.2. The molecule has 3 heterocycles. The molecule has 0 unspecified atom stereocenters. The molecule has 0 saturated carbocycles. The molecule has 10 aromatic rings. The minimum atomic E-state index is -0.983. The summed E-state index contributed by atoms with van der Waals surface area (Å²) < 4.78 is 232. The van der Waals surface area contributed by atoms with Gasteiger partial charge in [0.25, 0.3) is 0 Å². The Hall–Kier alpha value is -6.59. The molecule has 0 amide bonds. The Labute approximate surface area is 309 Å². The zero-order chi connectivity index (χ0) is 53.4. The van der Waals surface area contributed by atoms with E-state index in [9.17, 15) is 4.11 Å². The minimum absolute atomic E-state index is 0.454. The second-order valence-electron chi connectivity index (χ2n) is 10.1. The molecular weight excluding hydrogens is 590 g/mol. The maximum Gasteiger partial charge on any atom is 0.164 e. The number of furan rings is 2. The molecule has 0 N–H and O–H groups in total. The highest BCUT2D eigenvalue weighted by atomic mass is 16.3. The van der Waals surface area contributed by atoms with Crippen LogP contribution in [-0.2, 0) is 0 Å². The van der Waals surface area contributed by atoms with Crippen molar-refractivity contribution in [1.29, 1.82) is 0 Å². The summed E-state index contributed by atoms with van der Waals surface area (Å²) in [5, 5.41) is -2.95. The van der Waals surface area contributed by atoms with E-state index in [0.29, 0.717) is 0 Å². The fraction of sp³-hybridized carbons (Fsp3) is 0. The number of fused-ring (bicyclic) bond motifs is 8. The lowest BCUT2D eigenvalue weighted by Gasteiger charge is -2.12. The first-order valence-electron chi connectivity index (χ1n) is 26.4. The van der Waals surface area contributed by atoms with Crippen LogP contribution in [0.5, 0.6) is 0 Å². The standard InChI is InChI=1S/C43H25N3O2/c1-3-13-27(14-4-1)41-44-42(28-15-5-2-6-16-28)46-43(45-41)33-24-29(31-19-11-21-35-38(31)32-18-9-10-20-34(32)47-35)25-37-40(33)39-30-17-8-7-12-26(30)22-23-36(39)48-37/h1-25H/i1D,2D,3D,4D,5D,6D,7D,8D,9D,10D,11D,12D,13D,14D,15D,16D,17D,18D,19D,20D,21D,22D,23D,24D,25D. The summed E-state index contributed by atoms with van der Waals surface area (Å²) in [6.45, 7) is 0. The highest BCUT2D eigenvalue weighted by Gasteiger charge is 2.22. The summed E-state index contributed by atoms with van der Waals surface area (Å²) in [7, 11) is 0. The van der Waals surface area contributed by atoms with Crippen molar-refractivity contribution in [2.75, 3.05) is 0 Å². The second kappa shape index (κ2) is 10.5. The summed E-state index contributed by atoms with van der Waals surface area (Å²) in [5.41, 5.74) is -6.09. The molecule has 0 radical (unpaired) electrons. The Kier molecular flexibility index (Phi) is 2.59. The summed E-state index contributed by atoms with van der Waals surface area (Å²) in [6.07, 6.45) is 0. The van der Waals surface area contributed by atoms with Crippen LogP contribution in [0.25, 0.3) is 99.9 Å². The Bertz CT molecular complexity index is 4140. The largest absolute Gasteiger partial charge is 0.456 e. The van der Waals surface area contributed by atoms with Crippen molar-refractivity contribution in [2.24, 2.45) is 0 Å². The van der Waals surface area contributed by atoms with Gasteiger partial charge in [-0.3, -0.25) is 0 Å². The second-order valence-corrected chi connectivity index (χ2v) is 10.1. The number of rotatable bonds is 4. The predicted octanol–water partition coefficient (Wildman–Crippen LogP) is 11.5. The number of para-hydroxylation sites is 1. The number of hydrogen-bond donors (Lipinski definition) is 0. The van der Waals surface area contributed by atoms with Crippen LogP contribution in [0.1, 0.15) is 34.3 Å². The third kappa shape index (κ3) is 4.15. The van der Waals surface area contributed by atoms with E-state index >= 15 is 0 Å². The Balaban J connectivity index is 1.53. The zero-order valence-corrected chi connectivity index (χ0v) is 23.7. The number of nitrogens with zero attached hydrogens (tertiary/aromatic N) is 3. The van der Waals surface area contributed by atoms with Gasteiger partial charge in [-0.2, -0.15) is 0 Å². The molecule has 7 aromatic carbocycles. The van der Waals surface area contributed by atoms with Gasteiger partial charge in [-0.15, -0.1) is 0 Å². The third-order valence-corrected chi connectivity index (χ3v) is 7.39. The molecule has 0 fully saturated rings. The van der Waals surface area contributed by atoms with Gasteiger partial charge in [-0.25, -0.2) is 15.0 Å². The SMILES string of the molecule is [2H]c1c([2H])c([2H])c(-c2nc(-c3c([2H])c([2H])c([2H])c([2H])c3[2H])nc(-c3c([2H])c(-c4c([2H])c([2H])c([2H])c5oc6c([2H])c([2H])c([2H])c([2H])c6c45)c([2H])c4oc5c([2H])c([2H])c6c([2H])c([2H])c([2H])c([2H])c6c5c34)n2)c([2H])c1[2H]. The van der Waals surface area contributed by atoms with E-state index in [1.165, 1.54) is 0 Å². The Morgan fingerprint density at radius 1 is 0.375 bits per heavy atom. The minimum Gasteiger partial charge on any atom is -0.456 e. The summed E-state index contributed by atoms with van der Waals surface area (Å²) in [5.74, 6) is -2.54. The van der Waals surface area contributed by atoms with Crippen LogP contribution < -0.4 is 0 Å². The van der Waals surface area contributed by atoms with Crippen LogP contribution in [0.4, 0.5) is 0 Å². The molecule has 0 saturated heterocycles. The van der Waals surface area contributed by atoms with Crippen molar-refractivity contribution in [3.63, 3.8) is 0 Å². The molecule has 0 aliphatic carbocycles. The van der Waals surface area contributed by atoms with Crippen LogP contribution in [-0.4, -0.2) is 15.0 Å². The van der Waals surface area contributed by atoms with Gasteiger partial charge in [0.15, 0.2) is 17.5 Å². The van der Waals surface area contributed by atoms with Crippen molar-refractivity contribution < 1.29 is 43.1 Å². The monoisotopic (exact) mass is 640 g/mol. The Morgan fingerprint density at radius 3 is 1.75 bits per heavy atom. The van der Waals surface area contributed by atoms with Gasteiger partial charge in [0, 0.05) is 38.2 Å². The number of hydrogen-bond acceptors (Lipinski definition) is 5. The average Bonchev–Trinajstić information content (AvgIpc) is 3.96. The molecule has 0 aliphatic rings. The Morgan fingerprint density at radius 2 is 0.979 bits per heavy atom. The van der Waals surface area contributed by atoms with Crippen molar-refractivity contribution in [3.8, 4) is 45.3 Å². The fourth-order valence-corrected chi connectivity index (χ4v) is 5.40. The molecule has 10 rings (SSSR count). The highest BCUT2D eigenvalue weighted by Crippen LogP contribution is 2.44. The topological polar surface area (TPSA) is 65.0 Å². The summed E-state index contributed by atoms with van der Waals surface area (Å²) >= 11 is 0. The first-order valence-corrected chi connectivity index (χ1v) is 13.9. The van der Waals surface area contributed by atoms with Crippen LogP contribution in [0, 0.1) is 0 Å². The van der Waals surface area contributed by atoms with Crippen LogP contribution >= 0.6 is 0 Å². The van der Waals surface area contributed by atoms with Crippen molar-refractivity contribution in [1.82, 2.24) is 15.0 Å². The molecule has 48 heavy (non-hydrogen) atoms. The molecular formula is C43H25N3O2. The fourth-order valence-electron chi connectivity index (χ4n) is 5.40. The van der Waals surface area contributed by atoms with Crippen LogP contribution in [0.3, 0.4) is 0 Å². The van der Waals surface area contributed by atoms with Gasteiger partial charge in [-0.05, 0) is 52.1 Å². The predicted molar refractivity (Wildman–Crippen MR) is 194 cm³/mol. The van der Waals surface area contributed by atoms with Crippen molar-refractivity contribution in [3.05, 3.63) is 151 Å². The zero-order valence-electron chi connectivity index (χ0n) is 48.7. The molecule has 5 heteroatoms. The maximum atomic E-state index is 10.2. The lowest BCUT2D eigenvalue weighted by molar-refractivity contribution is 0.668. The number of benzene rings is 7. The van der Waals surface area contributed by atoms with E-state index < -0.39 is 251 Å². The van der Waals surface area contributed by atoms with Gasteiger partial charge >= 0.3 is 0 Å². The average molecular weight is 641 g/mol. The van der Waals surface area contributed by atoms with Gasteiger partial charge in [0.05, 0.1) is 34.3 Å². The highest BCUT2D eigenvalue weighted by molar-refractivity contribution is 6.23. The molecule has 0 bridgehead atoms. The van der Waals surface area contributed by atoms with E-state index in [2.05, 4.69) is 15.0 Å². The van der Waals surface area contributed by atoms with Gasteiger partial charge < -0.3 is 8.83 Å². The van der Waals surface area contributed by atoms with E-state index in [0.717, 1.165) is 0 Å². The van der Waals surface area contributed by atoms with E-state index in [4.69, 9.17) is 39.0 Å². The lowest BCUT2D eigenvalue weighted by atomic mass is 9.94. The van der Waals surface area contributed by atoms with E-state index in [1.807, 2.05) is 0 Å². The van der Waals surface area contributed by atoms with E-state index in [1.54, 1.807) is 0 Å². The van der Waals surface area contributed by atoms with Gasteiger partial charge in [0.1, 0.15) is 22.3 Å². The third-order valence-electron chi connectivity index (χ3n) is 7.39. The smallest absolute Gasteiger partial charge is 0.164 e. The van der Waals surface area contributed by atoms with Crippen molar-refractivity contribution in [2.45, 2.75) is 0 Å². The molecule has 3 aromatic heterocycles. The maximum absolute atomic E-state index is 10.2. The molecule has 0 spiro atoms. The lowest BCUT2D eigenvalue weighted by Crippen LogP contribution is -2.00. The number of aromatic nitrogens is 3. The molecule has 0 atom stereocenters. The first kappa shape index (κ1) is 11.9. The summed E-state index contributed by atoms with van der Waals surface area (Å²) in [6, 6.07) is -21.4. The normalized spacial score (nSPS) is 19.0.